The SMILES string of the molecule is CCC.CCN(C(=O)c1[nH]nc(C)c1O)C1CCC1C1CCc2c1c(=O)n1nc(C3=CCOCC3)nc1n2CC(=O)Nc1ccc(C(F)(F)F)cc1C. The highest BCUT2D eigenvalue weighted by molar-refractivity contribution is 5.95. The number of ether oxygens (including phenoxy) is 1. The molecule has 3 unspecified atom stereocenters. The summed E-state index contributed by atoms with van der Waals surface area (Å²) in [5.41, 5.74) is 1.69. The van der Waals surface area contributed by atoms with Crippen molar-refractivity contribution in [1.82, 2.24) is 34.3 Å². The minimum absolute atomic E-state index is 0.0257. The minimum Gasteiger partial charge on any atom is -0.504 e. The van der Waals surface area contributed by atoms with Gasteiger partial charge in [-0.25, -0.2) is 0 Å². The van der Waals surface area contributed by atoms with Gasteiger partial charge in [0, 0.05) is 29.5 Å². The number of aryl methyl sites for hydroxylation is 2. The maximum atomic E-state index is 14.3. The first-order valence-corrected chi connectivity index (χ1v) is 18.1. The van der Waals surface area contributed by atoms with E-state index in [1.807, 2.05) is 13.0 Å². The minimum atomic E-state index is -4.52. The van der Waals surface area contributed by atoms with Crippen LogP contribution in [-0.4, -0.2) is 77.0 Å². The number of carbonyl (C=O) groups is 2. The summed E-state index contributed by atoms with van der Waals surface area (Å²) in [4.78, 5) is 47.8. The number of halogens is 3. The van der Waals surface area contributed by atoms with E-state index in [9.17, 15) is 32.7 Å². The van der Waals surface area contributed by atoms with E-state index in [0.717, 1.165) is 30.5 Å². The number of carbonyl (C=O) groups excluding carboxylic acids is 2. The van der Waals surface area contributed by atoms with Crippen LogP contribution < -0.4 is 10.9 Å². The van der Waals surface area contributed by atoms with Gasteiger partial charge in [0.2, 0.25) is 11.7 Å². The van der Waals surface area contributed by atoms with E-state index >= 15 is 0 Å². The molecule has 1 fully saturated rings. The zero-order valence-electron chi connectivity index (χ0n) is 30.5. The number of rotatable bonds is 8. The van der Waals surface area contributed by atoms with E-state index < -0.39 is 17.6 Å². The molecule has 7 rings (SSSR count). The van der Waals surface area contributed by atoms with Crippen LogP contribution >= 0.6 is 0 Å². The fourth-order valence-electron chi connectivity index (χ4n) is 7.58. The Hall–Kier alpha value is -4.99. The summed E-state index contributed by atoms with van der Waals surface area (Å²) in [5.74, 6) is -0.804. The van der Waals surface area contributed by atoms with E-state index in [0.29, 0.717) is 61.8 Å². The zero-order valence-corrected chi connectivity index (χ0v) is 30.5. The standard InChI is InChI=1S/C34H37F3N8O5.C3H8/c1-4-43(32(49)28-29(47)18(3)40-41-28)24-9-6-21(24)22-7-10-25-27(22)31(48)45-33(39-30(42-45)19-11-13-50-14-12-19)44(25)16-26(46)38-23-8-5-20(15-17(23)2)34(35,36)37;1-3-2/h5,8,11,15,21-22,24,47H,4,6-7,9-10,12-14,16H2,1-3H3,(H,38,46)(H,40,41);3H2,1-2H3. The van der Waals surface area contributed by atoms with Crippen LogP contribution in [0.25, 0.3) is 11.4 Å². The highest BCUT2D eigenvalue weighted by Crippen LogP contribution is 2.48. The van der Waals surface area contributed by atoms with Gasteiger partial charge >= 0.3 is 6.18 Å². The average molecular weight is 739 g/mol. The van der Waals surface area contributed by atoms with E-state index in [1.54, 1.807) is 16.4 Å². The average Bonchev–Trinajstić information content (AvgIpc) is 3.84. The molecule has 4 aromatic rings. The summed E-state index contributed by atoms with van der Waals surface area (Å²) in [5, 5.41) is 24.4. The summed E-state index contributed by atoms with van der Waals surface area (Å²) in [6.07, 6.45) is 1.72. The number of hydrogen-bond donors (Lipinski definition) is 3. The zero-order chi connectivity index (χ0) is 38.2. The molecule has 2 aliphatic carbocycles. The number of aromatic amines is 1. The van der Waals surface area contributed by atoms with Crippen LogP contribution in [0.15, 0.2) is 29.1 Å². The Bertz CT molecular complexity index is 2120. The number of aromatic hydroxyl groups is 1. The first kappa shape index (κ1) is 37.8. The van der Waals surface area contributed by atoms with Gasteiger partial charge in [-0.15, -0.1) is 5.10 Å². The Labute approximate surface area is 304 Å². The van der Waals surface area contributed by atoms with Crippen molar-refractivity contribution >= 4 is 28.9 Å². The van der Waals surface area contributed by atoms with Crippen LogP contribution in [0.5, 0.6) is 5.75 Å². The number of alkyl halides is 3. The third-order valence-corrected chi connectivity index (χ3v) is 10.3. The van der Waals surface area contributed by atoms with Gasteiger partial charge in [0.1, 0.15) is 12.2 Å². The molecule has 1 saturated carbocycles. The molecule has 3 aromatic heterocycles. The number of nitrogens with one attached hydrogen (secondary N) is 2. The lowest BCUT2D eigenvalue weighted by molar-refractivity contribution is -0.137. The van der Waals surface area contributed by atoms with Crippen molar-refractivity contribution in [3.05, 3.63) is 74.2 Å². The van der Waals surface area contributed by atoms with Gasteiger partial charge < -0.3 is 24.6 Å². The molecular weight excluding hydrogens is 693 g/mol. The molecule has 1 aromatic carbocycles. The number of hydrogen-bond acceptors (Lipinski definition) is 8. The largest absolute Gasteiger partial charge is 0.504 e. The van der Waals surface area contributed by atoms with Crippen LogP contribution in [0.1, 0.15) is 103 Å². The maximum Gasteiger partial charge on any atom is 0.416 e. The third-order valence-electron chi connectivity index (χ3n) is 10.3. The Morgan fingerprint density at radius 3 is 2.47 bits per heavy atom. The van der Waals surface area contributed by atoms with E-state index in [4.69, 9.17) is 9.72 Å². The lowest BCUT2D eigenvalue weighted by Gasteiger charge is -2.46. The van der Waals surface area contributed by atoms with Crippen LogP contribution in [0.3, 0.4) is 0 Å². The molecule has 3 N–H and O–H groups in total. The van der Waals surface area contributed by atoms with Gasteiger partial charge in [-0.3, -0.25) is 19.5 Å². The highest BCUT2D eigenvalue weighted by Gasteiger charge is 2.47. The van der Waals surface area contributed by atoms with Crippen molar-refractivity contribution < 1.29 is 32.6 Å². The molecular formula is C37H45F3N8O5. The van der Waals surface area contributed by atoms with E-state index in [-0.39, 0.29) is 64.4 Å². The molecule has 0 spiro atoms. The van der Waals surface area contributed by atoms with Crippen molar-refractivity contribution in [2.24, 2.45) is 5.92 Å². The molecule has 0 saturated heterocycles. The Kier molecular flexibility index (Phi) is 10.8. The van der Waals surface area contributed by atoms with Gasteiger partial charge in [0.05, 0.1) is 18.8 Å². The monoisotopic (exact) mass is 738 g/mol. The normalized spacial score (nSPS) is 19.5. The number of fused-ring (bicyclic) bond motifs is 2. The smallest absolute Gasteiger partial charge is 0.416 e. The van der Waals surface area contributed by atoms with Gasteiger partial charge in [-0.05, 0) is 94.0 Å². The number of amides is 2. The quantitative estimate of drug-likeness (QED) is 0.205. The second kappa shape index (κ2) is 15.2. The van der Waals surface area contributed by atoms with Gasteiger partial charge in [-0.1, -0.05) is 26.3 Å². The van der Waals surface area contributed by atoms with Gasteiger partial charge in [0.15, 0.2) is 17.3 Å². The highest BCUT2D eigenvalue weighted by atomic mass is 19.4. The lowest BCUT2D eigenvalue weighted by atomic mass is 9.69. The summed E-state index contributed by atoms with van der Waals surface area (Å²) < 4.78 is 48.1. The van der Waals surface area contributed by atoms with Crippen molar-refractivity contribution in [2.75, 3.05) is 25.1 Å². The van der Waals surface area contributed by atoms with Gasteiger partial charge in [-0.2, -0.15) is 27.8 Å². The summed E-state index contributed by atoms with van der Waals surface area (Å²) in [6, 6.07) is 2.94. The molecule has 0 bridgehead atoms. The first-order chi connectivity index (χ1) is 25.3. The topological polar surface area (TPSA) is 160 Å². The number of H-pyrrole nitrogens is 1. The molecule has 16 heteroatoms. The van der Waals surface area contributed by atoms with Gasteiger partial charge in [0.25, 0.3) is 11.5 Å². The number of benzene rings is 1. The molecule has 1 aliphatic heterocycles. The van der Waals surface area contributed by atoms with Crippen molar-refractivity contribution in [3.63, 3.8) is 0 Å². The summed E-state index contributed by atoms with van der Waals surface area (Å²) in [6.45, 7) is 10.2. The van der Waals surface area contributed by atoms with Crippen LogP contribution in [0.4, 0.5) is 18.9 Å². The second-order valence-electron chi connectivity index (χ2n) is 13.8. The molecule has 4 heterocycles. The first-order valence-electron chi connectivity index (χ1n) is 18.1. The maximum absolute atomic E-state index is 14.3. The Morgan fingerprint density at radius 2 is 1.89 bits per heavy atom. The van der Waals surface area contributed by atoms with Crippen LogP contribution in [0.2, 0.25) is 0 Å². The molecule has 53 heavy (non-hydrogen) atoms. The van der Waals surface area contributed by atoms with Crippen molar-refractivity contribution in [2.45, 2.75) is 97.8 Å². The van der Waals surface area contributed by atoms with E-state index in [2.05, 4.69) is 34.5 Å². The fraction of sp³-hybridized carbons (Fsp3) is 0.514. The summed E-state index contributed by atoms with van der Waals surface area (Å²) in [7, 11) is 0. The Morgan fingerprint density at radius 1 is 1.13 bits per heavy atom. The number of anilines is 1. The summed E-state index contributed by atoms with van der Waals surface area (Å²) >= 11 is 0. The molecule has 13 nitrogen and oxygen atoms in total. The van der Waals surface area contributed by atoms with Crippen molar-refractivity contribution in [1.29, 1.82) is 0 Å². The fourth-order valence-corrected chi connectivity index (χ4v) is 7.58. The third kappa shape index (κ3) is 7.20. The molecule has 3 aliphatic rings. The number of aromatic nitrogens is 6. The van der Waals surface area contributed by atoms with E-state index in [1.165, 1.54) is 23.9 Å². The predicted molar refractivity (Wildman–Crippen MR) is 191 cm³/mol. The molecule has 0 radical (unpaired) electrons. The van der Waals surface area contributed by atoms with Crippen LogP contribution in [-0.2, 0) is 28.7 Å². The lowest BCUT2D eigenvalue weighted by Crippen LogP contribution is -2.52. The molecule has 284 valence electrons. The molecule has 3 atom stereocenters. The second-order valence-corrected chi connectivity index (χ2v) is 13.8. The van der Waals surface area contributed by atoms with Crippen LogP contribution in [0, 0.1) is 19.8 Å². The van der Waals surface area contributed by atoms with Crippen molar-refractivity contribution in [3.8, 4) is 5.75 Å². The Balaban J connectivity index is 0.00000155. The number of nitrogens with zero attached hydrogens (tertiary/aromatic N) is 6. The predicted octanol–water partition coefficient (Wildman–Crippen LogP) is 5.78. The molecule has 2 amide bonds.